The second kappa shape index (κ2) is 5.16. The monoisotopic (exact) mass is 234 g/mol. The zero-order valence-electron chi connectivity index (χ0n) is 9.05. The van der Waals surface area contributed by atoms with Crippen molar-refractivity contribution in [3.8, 4) is 0 Å². The molecule has 0 aliphatic carbocycles. The Morgan fingerprint density at radius 2 is 2.19 bits per heavy atom. The Hall–Kier alpha value is -1.30. The number of thiophene rings is 1. The van der Waals surface area contributed by atoms with Crippen LogP contribution in [-0.2, 0) is 6.42 Å². The van der Waals surface area contributed by atoms with Gasteiger partial charge < -0.3 is 0 Å². The van der Waals surface area contributed by atoms with E-state index in [1.807, 2.05) is 6.92 Å². The summed E-state index contributed by atoms with van der Waals surface area (Å²) in [5.41, 5.74) is 5.05. The summed E-state index contributed by atoms with van der Waals surface area (Å²) in [6.45, 7) is 1.97. The van der Waals surface area contributed by atoms with E-state index in [1.54, 1.807) is 23.7 Å². The minimum absolute atomic E-state index is 0.0322. The summed E-state index contributed by atoms with van der Waals surface area (Å²) in [5.74, 6) is 6.27. The number of aromatic nitrogens is 2. The zero-order chi connectivity index (χ0) is 11.4. The van der Waals surface area contributed by atoms with Gasteiger partial charge in [0.15, 0.2) is 0 Å². The first-order valence-electron chi connectivity index (χ1n) is 5.05. The molecule has 0 aromatic carbocycles. The highest BCUT2D eigenvalue weighted by atomic mass is 32.1. The van der Waals surface area contributed by atoms with E-state index in [-0.39, 0.29) is 6.04 Å². The number of hydrogen-bond acceptors (Lipinski definition) is 5. The third kappa shape index (κ3) is 2.63. The van der Waals surface area contributed by atoms with Crippen LogP contribution in [0.5, 0.6) is 0 Å². The van der Waals surface area contributed by atoms with Gasteiger partial charge in [-0.3, -0.25) is 5.84 Å². The van der Waals surface area contributed by atoms with Crippen molar-refractivity contribution in [2.24, 2.45) is 5.84 Å². The van der Waals surface area contributed by atoms with E-state index in [9.17, 15) is 0 Å². The number of hydrogen-bond donors (Lipinski definition) is 2. The SMILES string of the molecule is Cc1cnc(C(Cc2ccsc2)NN)nc1. The molecular formula is C11H14N4S. The third-order valence-electron chi connectivity index (χ3n) is 2.33. The lowest BCUT2D eigenvalue weighted by atomic mass is 10.1. The van der Waals surface area contributed by atoms with E-state index in [0.717, 1.165) is 17.8 Å². The molecule has 2 aromatic rings. The van der Waals surface area contributed by atoms with E-state index in [1.165, 1.54) is 5.56 Å². The van der Waals surface area contributed by atoms with E-state index in [4.69, 9.17) is 5.84 Å². The average Bonchev–Trinajstić information content (AvgIpc) is 2.80. The normalized spacial score (nSPS) is 12.6. The quantitative estimate of drug-likeness (QED) is 0.623. The molecule has 1 atom stereocenters. The molecular weight excluding hydrogens is 220 g/mol. The first kappa shape index (κ1) is 11.2. The van der Waals surface area contributed by atoms with Gasteiger partial charge in [-0.05, 0) is 41.3 Å². The van der Waals surface area contributed by atoms with Crippen LogP contribution in [0.1, 0.15) is 23.0 Å². The summed E-state index contributed by atoms with van der Waals surface area (Å²) < 4.78 is 0. The molecule has 0 radical (unpaired) electrons. The van der Waals surface area contributed by atoms with Crippen LogP contribution >= 0.6 is 11.3 Å². The van der Waals surface area contributed by atoms with Crippen molar-refractivity contribution in [2.75, 3.05) is 0 Å². The molecule has 0 fully saturated rings. The minimum Gasteiger partial charge on any atom is -0.271 e. The fraction of sp³-hybridized carbons (Fsp3) is 0.273. The van der Waals surface area contributed by atoms with Crippen molar-refractivity contribution < 1.29 is 0 Å². The van der Waals surface area contributed by atoms with Crippen LogP contribution in [0.4, 0.5) is 0 Å². The number of hydrazine groups is 1. The van der Waals surface area contributed by atoms with Gasteiger partial charge in [0.25, 0.3) is 0 Å². The van der Waals surface area contributed by atoms with E-state index >= 15 is 0 Å². The Morgan fingerprint density at radius 3 is 2.75 bits per heavy atom. The average molecular weight is 234 g/mol. The van der Waals surface area contributed by atoms with Gasteiger partial charge in [0.1, 0.15) is 5.82 Å². The predicted molar refractivity (Wildman–Crippen MR) is 64.9 cm³/mol. The molecule has 0 amide bonds. The van der Waals surface area contributed by atoms with Gasteiger partial charge in [0, 0.05) is 12.4 Å². The molecule has 5 heteroatoms. The summed E-state index contributed by atoms with van der Waals surface area (Å²) in [7, 11) is 0. The molecule has 16 heavy (non-hydrogen) atoms. The van der Waals surface area contributed by atoms with Gasteiger partial charge in [0.2, 0.25) is 0 Å². The van der Waals surface area contributed by atoms with Gasteiger partial charge in [-0.1, -0.05) is 0 Å². The van der Waals surface area contributed by atoms with Crippen LogP contribution in [0, 0.1) is 6.92 Å². The van der Waals surface area contributed by atoms with Gasteiger partial charge in [-0.25, -0.2) is 15.4 Å². The first-order chi connectivity index (χ1) is 7.79. The fourth-order valence-electron chi connectivity index (χ4n) is 1.45. The fourth-order valence-corrected chi connectivity index (χ4v) is 2.13. The van der Waals surface area contributed by atoms with Crippen LogP contribution in [0.3, 0.4) is 0 Å². The molecule has 0 saturated heterocycles. The smallest absolute Gasteiger partial charge is 0.146 e. The largest absolute Gasteiger partial charge is 0.271 e. The number of nitrogens with two attached hydrogens (primary N) is 1. The van der Waals surface area contributed by atoms with Crippen LogP contribution in [-0.4, -0.2) is 9.97 Å². The third-order valence-corrected chi connectivity index (χ3v) is 3.07. The summed E-state index contributed by atoms with van der Waals surface area (Å²) in [5, 5.41) is 4.16. The molecule has 0 aliphatic heterocycles. The van der Waals surface area contributed by atoms with Crippen molar-refractivity contribution in [3.63, 3.8) is 0 Å². The number of nitrogens with one attached hydrogen (secondary N) is 1. The topological polar surface area (TPSA) is 63.8 Å². The van der Waals surface area contributed by atoms with Gasteiger partial charge in [-0.2, -0.15) is 11.3 Å². The standard InChI is InChI=1S/C11H14N4S/c1-8-5-13-11(14-6-8)10(15-12)4-9-2-3-16-7-9/h2-3,5-7,10,15H,4,12H2,1H3. The molecule has 4 nitrogen and oxygen atoms in total. The molecule has 0 aliphatic rings. The summed E-state index contributed by atoms with van der Waals surface area (Å²) >= 11 is 1.68. The van der Waals surface area contributed by atoms with Crippen LogP contribution in [0.2, 0.25) is 0 Å². The van der Waals surface area contributed by atoms with Crippen molar-refractivity contribution in [1.29, 1.82) is 0 Å². The maximum absolute atomic E-state index is 5.53. The molecule has 0 saturated carbocycles. The Morgan fingerprint density at radius 1 is 1.44 bits per heavy atom. The van der Waals surface area contributed by atoms with E-state index < -0.39 is 0 Å². The number of rotatable bonds is 4. The lowest BCUT2D eigenvalue weighted by Crippen LogP contribution is -2.30. The molecule has 2 heterocycles. The van der Waals surface area contributed by atoms with Crippen molar-refractivity contribution in [1.82, 2.24) is 15.4 Å². The minimum atomic E-state index is -0.0322. The maximum Gasteiger partial charge on any atom is 0.146 e. The highest BCUT2D eigenvalue weighted by molar-refractivity contribution is 7.07. The molecule has 2 aromatic heterocycles. The molecule has 2 rings (SSSR count). The summed E-state index contributed by atoms with van der Waals surface area (Å²) in [4.78, 5) is 8.56. The Labute approximate surface area is 98.5 Å². The number of nitrogens with zero attached hydrogens (tertiary/aromatic N) is 2. The Balaban J connectivity index is 2.13. The van der Waals surface area contributed by atoms with E-state index in [2.05, 4.69) is 32.2 Å². The molecule has 0 bridgehead atoms. The Kier molecular flexibility index (Phi) is 3.61. The van der Waals surface area contributed by atoms with Crippen molar-refractivity contribution in [2.45, 2.75) is 19.4 Å². The lowest BCUT2D eigenvalue weighted by molar-refractivity contribution is 0.522. The maximum atomic E-state index is 5.53. The van der Waals surface area contributed by atoms with Crippen LogP contribution < -0.4 is 11.3 Å². The lowest BCUT2D eigenvalue weighted by Gasteiger charge is -2.13. The molecule has 84 valence electrons. The van der Waals surface area contributed by atoms with Gasteiger partial charge in [-0.15, -0.1) is 0 Å². The predicted octanol–water partition coefficient (Wildman–Crippen LogP) is 1.59. The summed E-state index contributed by atoms with van der Waals surface area (Å²) in [6, 6.07) is 2.05. The summed E-state index contributed by atoms with van der Waals surface area (Å²) in [6.07, 6.45) is 4.42. The van der Waals surface area contributed by atoms with Crippen molar-refractivity contribution in [3.05, 3.63) is 46.2 Å². The zero-order valence-corrected chi connectivity index (χ0v) is 9.87. The highest BCUT2D eigenvalue weighted by Crippen LogP contribution is 2.16. The van der Waals surface area contributed by atoms with Gasteiger partial charge >= 0.3 is 0 Å². The molecule has 0 spiro atoms. The molecule has 1 unspecified atom stereocenters. The second-order valence-electron chi connectivity index (χ2n) is 3.67. The van der Waals surface area contributed by atoms with Crippen LogP contribution in [0.25, 0.3) is 0 Å². The highest BCUT2D eigenvalue weighted by Gasteiger charge is 2.13. The van der Waals surface area contributed by atoms with Gasteiger partial charge in [0.05, 0.1) is 6.04 Å². The molecule has 3 N–H and O–H groups in total. The first-order valence-corrected chi connectivity index (χ1v) is 5.99. The van der Waals surface area contributed by atoms with E-state index in [0.29, 0.717) is 0 Å². The van der Waals surface area contributed by atoms with Crippen molar-refractivity contribution >= 4 is 11.3 Å². The van der Waals surface area contributed by atoms with Crippen LogP contribution in [0.15, 0.2) is 29.2 Å². The number of aryl methyl sites for hydroxylation is 1. The second-order valence-corrected chi connectivity index (χ2v) is 4.45. The Bertz CT molecular complexity index is 424.